The highest BCUT2D eigenvalue weighted by atomic mass is 35.5. The Kier molecular flexibility index (Phi) is 5.03. The molecule has 1 aromatic heterocycles. The number of halogens is 1. The summed E-state index contributed by atoms with van der Waals surface area (Å²) in [6.45, 7) is 3.66. The van der Waals surface area contributed by atoms with Gasteiger partial charge in [0.15, 0.2) is 5.76 Å². The van der Waals surface area contributed by atoms with E-state index in [0.29, 0.717) is 22.9 Å². The smallest absolute Gasteiger partial charge is 0.219 e. The van der Waals surface area contributed by atoms with Crippen LogP contribution in [0.4, 0.5) is 0 Å². The van der Waals surface area contributed by atoms with Crippen molar-refractivity contribution in [2.24, 2.45) is 0 Å². The summed E-state index contributed by atoms with van der Waals surface area (Å²) in [6, 6.07) is 8.44. The second kappa shape index (κ2) is 6.60. The molecule has 0 aliphatic carbocycles. The summed E-state index contributed by atoms with van der Waals surface area (Å²) >= 11 is 5.84. The van der Waals surface area contributed by atoms with Crippen LogP contribution in [0.25, 0.3) is 0 Å². The molecule has 0 saturated heterocycles. The van der Waals surface area contributed by atoms with Crippen LogP contribution in [0, 0.1) is 6.92 Å². The largest absolute Gasteiger partial charge is 0.360 e. The van der Waals surface area contributed by atoms with E-state index in [2.05, 4.69) is 9.88 Å². The first kappa shape index (κ1) is 16.0. The first-order valence-electron chi connectivity index (χ1n) is 6.57. The molecule has 0 spiro atoms. The lowest BCUT2D eigenvalue weighted by molar-refractivity contribution is 0.388. The number of nitrogens with one attached hydrogen (secondary N) is 1. The fourth-order valence-corrected chi connectivity index (χ4v) is 3.47. The zero-order chi connectivity index (χ0) is 15.5. The SMILES string of the molecule is CC[C@@H](NS(=O)(=O)Cc1cc(C)no1)c1ccc(Cl)cc1. The monoisotopic (exact) mass is 328 g/mol. The first-order chi connectivity index (χ1) is 9.89. The number of hydrogen-bond donors (Lipinski definition) is 1. The van der Waals surface area contributed by atoms with E-state index in [9.17, 15) is 8.42 Å². The number of rotatable bonds is 6. The van der Waals surface area contributed by atoms with Crippen LogP contribution in [-0.4, -0.2) is 13.6 Å². The summed E-state index contributed by atoms with van der Waals surface area (Å²) in [6.07, 6.45) is 0.635. The zero-order valence-corrected chi connectivity index (χ0v) is 13.4. The minimum Gasteiger partial charge on any atom is -0.360 e. The molecule has 2 aromatic rings. The Hall–Kier alpha value is -1.37. The van der Waals surface area contributed by atoms with Crippen molar-refractivity contribution in [1.29, 1.82) is 0 Å². The van der Waals surface area contributed by atoms with Crippen LogP contribution in [0.3, 0.4) is 0 Å². The van der Waals surface area contributed by atoms with Gasteiger partial charge in [0.05, 0.1) is 5.69 Å². The Morgan fingerprint density at radius 2 is 2.00 bits per heavy atom. The van der Waals surface area contributed by atoms with Crippen molar-refractivity contribution >= 4 is 21.6 Å². The fourth-order valence-electron chi connectivity index (χ4n) is 2.01. The summed E-state index contributed by atoms with van der Waals surface area (Å²) in [5, 5.41) is 4.31. The van der Waals surface area contributed by atoms with Crippen LogP contribution in [0.5, 0.6) is 0 Å². The quantitative estimate of drug-likeness (QED) is 0.883. The Morgan fingerprint density at radius 3 is 2.52 bits per heavy atom. The molecule has 21 heavy (non-hydrogen) atoms. The molecular weight excluding hydrogens is 312 g/mol. The maximum atomic E-state index is 12.2. The Bertz CT molecular complexity index is 695. The second-order valence-electron chi connectivity index (χ2n) is 4.82. The molecular formula is C14H17ClN2O3S. The van der Waals surface area contributed by atoms with Gasteiger partial charge in [-0.25, -0.2) is 13.1 Å². The molecule has 0 saturated carbocycles. The van der Waals surface area contributed by atoms with Gasteiger partial charge in [-0.2, -0.15) is 0 Å². The maximum absolute atomic E-state index is 12.2. The van der Waals surface area contributed by atoms with Crippen molar-refractivity contribution in [2.75, 3.05) is 0 Å². The van der Waals surface area contributed by atoms with Gasteiger partial charge in [-0.15, -0.1) is 0 Å². The average molecular weight is 329 g/mol. The Balaban J connectivity index is 2.11. The van der Waals surface area contributed by atoms with Crippen molar-refractivity contribution in [2.45, 2.75) is 32.1 Å². The highest BCUT2D eigenvalue weighted by Crippen LogP contribution is 2.21. The standard InChI is InChI=1S/C14H17ClN2O3S/c1-3-14(11-4-6-12(15)7-5-11)17-21(18,19)9-13-8-10(2)16-20-13/h4-8,14,17H,3,9H2,1-2H3/t14-/m1/s1. The molecule has 0 aliphatic heterocycles. The van der Waals surface area contributed by atoms with E-state index in [1.807, 2.05) is 19.1 Å². The molecule has 0 fully saturated rings. The molecule has 0 aliphatic rings. The molecule has 0 unspecified atom stereocenters. The lowest BCUT2D eigenvalue weighted by Crippen LogP contribution is -2.29. The van der Waals surface area contributed by atoms with E-state index in [0.717, 1.165) is 5.56 Å². The number of nitrogens with zero attached hydrogens (tertiary/aromatic N) is 1. The van der Waals surface area contributed by atoms with Crippen LogP contribution in [0.1, 0.15) is 36.4 Å². The predicted molar refractivity (Wildman–Crippen MR) is 81.5 cm³/mol. The van der Waals surface area contributed by atoms with E-state index in [1.54, 1.807) is 25.1 Å². The minimum absolute atomic E-state index is 0.224. The highest BCUT2D eigenvalue weighted by molar-refractivity contribution is 7.88. The summed E-state index contributed by atoms with van der Waals surface area (Å²) < 4.78 is 32.0. The summed E-state index contributed by atoms with van der Waals surface area (Å²) in [5.74, 6) is 0.101. The molecule has 1 heterocycles. The molecule has 0 bridgehead atoms. The molecule has 5 nitrogen and oxygen atoms in total. The Morgan fingerprint density at radius 1 is 1.33 bits per heavy atom. The molecule has 1 N–H and O–H groups in total. The van der Waals surface area contributed by atoms with Crippen LogP contribution < -0.4 is 4.72 Å². The van der Waals surface area contributed by atoms with Gasteiger partial charge in [-0.1, -0.05) is 35.8 Å². The normalized spacial score (nSPS) is 13.3. The molecule has 7 heteroatoms. The predicted octanol–water partition coefficient (Wildman–Crippen LogP) is 3.21. The highest BCUT2D eigenvalue weighted by Gasteiger charge is 2.20. The molecule has 0 amide bonds. The number of benzene rings is 1. The lowest BCUT2D eigenvalue weighted by Gasteiger charge is -2.17. The van der Waals surface area contributed by atoms with Gasteiger partial charge in [0.1, 0.15) is 5.75 Å². The van der Waals surface area contributed by atoms with Gasteiger partial charge in [0.25, 0.3) is 0 Å². The molecule has 1 atom stereocenters. The molecule has 0 radical (unpaired) electrons. The van der Waals surface area contributed by atoms with E-state index in [1.165, 1.54) is 0 Å². The number of hydrogen-bond acceptors (Lipinski definition) is 4. The van der Waals surface area contributed by atoms with Crippen LogP contribution in [0.2, 0.25) is 5.02 Å². The van der Waals surface area contributed by atoms with Gasteiger partial charge < -0.3 is 4.52 Å². The van der Waals surface area contributed by atoms with E-state index >= 15 is 0 Å². The lowest BCUT2D eigenvalue weighted by atomic mass is 10.1. The molecule has 2 rings (SSSR count). The van der Waals surface area contributed by atoms with Crippen LogP contribution in [-0.2, 0) is 15.8 Å². The van der Waals surface area contributed by atoms with Crippen LogP contribution in [0.15, 0.2) is 34.9 Å². The molecule has 1 aromatic carbocycles. The van der Waals surface area contributed by atoms with Gasteiger partial charge in [-0.3, -0.25) is 0 Å². The first-order valence-corrected chi connectivity index (χ1v) is 8.60. The third kappa shape index (κ3) is 4.56. The van der Waals surface area contributed by atoms with Crippen molar-refractivity contribution < 1.29 is 12.9 Å². The third-order valence-corrected chi connectivity index (χ3v) is 4.57. The van der Waals surface area contributed by atoms with Gasteiger partial charge in [-0.05, 0) is 31.0 Å². The van der Waals surface area contributed by atoms with Gasteiger partial charge in [0, 0.05) is 17.1 Å². The summed E-state index contributed by atoms with van der Waals surface area (Å²) in [4.78, 5) is 0. The van der Waals surface area contributed by atoms with E-state index in [4.69, 9.17) is 16.1 Å². The van der Waals surface area contributed by atoms with Crippen molar-refractivity contribution in [3.63, 3.8) is 0 Å². The minimum atomic E-state index is -3.51. The van der Waals surface area contributed by atoms with Crippen molar-refractivity contribution in [3.8, 4) is 0 Å². The van der Waals surface area contributed by atoms with Crippen molar-refractivity contribution in [3.05, 3.63) is 52.4 Å². The van der Waals surface area contributed by atoms with E-state index in [-0.39, 0.29) is 11.8 Å². The van der Waals surface area contributed by atoms with Gasteiger partial charge in [0.2, 0.25) is 10.0 Å². The Labute approximate surface area is 129 Å². The summed E-state index contributed by atoms with van der Waals surface area (Å²) in [7, 11) is -3.51. The van der Waals surface area contributed by atoms with Crippen molar-refractivity contribution in [1.82, 2.24) is 9.88 Å². The number of aromatic nitrogens is 1. The summed E-state index contributed by atoms with van der Waals surface area (Å²) in [5.41, 5.74) is 1.53. The van der Waals surface area contributed by atoms with Crippen LogP contribution >= 0.6 is 11.6 Å². The fraction of sp³-hybridized carbons (Fsp3) is 0.357. The average Bonchev–Trinajstić information content (AvgIpc) is 2.81. The third-order valence-electron chi connectivity index (χ3n) is 3.01. The number of aryl methyl sites for hydroxylation is 1. The maximum Gasteiger partial charge on any atom is 0.219 e. The number of sulfonamides is 1. The molecule has 114 valence electrons. The van der Waals surface area contributed by atoms with Gasteiger partial charge >= 0.3 is 0 Å². The zero-order valence-electron chi connectivity index (χ0n) is 11.8. The second-order valence-corrected chi connectivity index (χ2v) is 7.01. The topological polar surface area (TPSA) is 72.2 Å². The van der Waals surface area contributed by atoms with E-state index < -0.39 is 10.0 Å².